The van der Waals surface area contributed by atoms with E-state index in [9.17, 15) is 0 Å². The lowest BCUT2D eigenvalue weighted by molar-refractivity contribution is 0.537. The Morgan fingerprint density at radius 1 is 1.53 bits per heavy atom. The Kier molecular flexibility index (Phi) is 3.86. The molecule has 5 nitrogen and oxygen atoms in total. The van der Waals surface area contributed by atoms with Gasteiger partial charge in [-0.15, -0.1) is 11.3 Å². The van der Waals surface area contributed by atoms with Crippen molar-refractivity contribution in [2.45, 2.75) is 39.9 Å². The molecule has 0 spiro atoms. The summed E-state index contributed by atoms with van der Waals surface area (Å²) < 4.78 is 0. The van der Waals surface area contributed by atoms with Gasteiger partial charge in [-0.25, -0.2) is 4.98 Å². The molecule has 2 heterocycles. The fourth-order valence-corrected chi connectivity index (χ4v) is 2.31. The quantitative estimate of drug-likeness (QED) is 0.882. The van der Waals surface area contributed by atoms with E-state index in [1.165, 1.54) is 0 Å². The predicted octanol–water partition coefficient (Wildman–Crippen LogP) is 1.91. The largest absolute Gasteiger partial charge is 0.302 e. The minimum atomic E-state index is 0.250. The molecule has 0 aliphatic heterocycles. The van der Waals surface area contributed by atoms with E-state index in [1.54, 1.807) is 22.3 Å². The van der Waals surface area contributed by atoms with Crippen molar-refractivity contribution in [1.82, 2.24) is 25.3 Å². The van der Waals surface area contributed by atoms with Gasteiger partial charge in [-0.3, -0.25) is 0 Å². The SMILES string of the molecule is CCn1ncc(CNC(C)c2nc(C)cs2)n1. The van der Waals surface area contributed by atoms with Gasteiger partial charge in [-0.2, -0.15) is 15.0 Å². The summed E-state index contributed by atoms with van der Waals surface area (Å²) in [5.74, 6) is 0. The Bertz CT molecular complexity index is 476. The number of hydrogen-bond acceptors (Lipinski definition) is 5. The Balaban J connectivity index is 1.89. The fraction of sp³-hybridized carbons (Fsp3) is 0.545. The molecular weight excluding hydrogens is 234 g/mol. The average Bonchev–Trinajstić information content (AvgIpc) is 2.94. The highest BCUT2D eigenvalue weighted by Gasteiger charge is 2.09. The van der Waals surface area contributed by atoms with Crippen LogP contribution in [-0.2, 0) is 13.1 Å². The second-order valence-corrected chi connectivity index (χ2v) is 4.84. The molecule has 1 unspecified atom stereocenters. The number of aryl methyl sites for hydroxylation is 2. The molecule has 0 bridgehead atoms. The van der Waals surface area contributed by atoms with Crippen molar-refractivity contribution in [1.29, 1.82) is 0 Å². The second-order valence-electron chi connectivity index (χ2n) is 3.95. The summed E-state index contributed by atoms with van der Waals surface area (Å²) in [7, 11) is 0. The minimum absolute atomic E-state index is 0.250. The van der Waals surface area contributed by atoms with Gasteiger partial charge < -0.3 is 5.32 Å². The molecule has 0 aromatic carbocycles. The lowest BCUT2D eigenvalue weighted by Gasteiger charge is -2.08. The number of aromatic nitrogens is 4. The Morgan fingerprint density at radius 2 is 2.35 bits per heavy atom. The maximum atomic E-state index is 4.46. The van der Waals surface area contributed by atoms with Crippen LogP contribution in [0.1, 0.15) is 36.3 Å². The molecule has 2 aromatic rings. The number of nitrogens with zero attached hydrogens (tertiary/aromatic N) is 4. The number of hydrogen-bond donors (Lipinski definition) is 1. The number of nitrogens with one attached hydrogen (secondary N) is 1. The summed E-state index contributed by atoms with van der Waals surface area (Å²) >= 11 is 1.69. The molecule has 2 aromatic heterocycles. The smallest absolute Gasteiger partial charge is 0.110 e. The van der Waals surface area contributed by atoms with Crippen molar-refractivity contribution in [3.8, 4) is 0 Å². The zero-order chi connectivity index (χ0) is 12.3. The number of thiazole rings is 1. The summed E-state index contributed by atoms with van der Waals surface area (Å²) in [5.41, 5.74) is 2.04. The molecule has 0 aliphatic rings. The monoisotopic (exact) mass is 251 g/mol. The third-order valence-corrected chi connectivity index (χ3v) is 3.61. The molecule has 17 heavy (non-hydrogen) atoms. The second kappa shape index (κ2) is 5.37. The molecule has 0 aliphatic carbocycles. The Labute approximate surface area is 105 Å². The summed E-state index contributed by atoms with van der Waals surface area (Å²) in [5, 5.41) is 15.1. The number of rotatable bonds is 5. The van der Waals surface area contributed by atoms with Crippen molar-refractivity contribution in [3.05, 3.63) is 28.0 Å². The molecule has 1 atom stereocenters. The van der Waals surface area contributed by atoms with E-state index in [2.05, 4.69) is 32.8 Å². The lowest BCUT2D eigenvalue weighted by Crippen LogP contribution is -2.18. The highest BCUT2D eigenvalue weighted by Crippen LogP contribution is 2.17. The van der Waals surface area contributed by atoms with Crippen LogP contribution in [0.3, 0.4) is 0 Å². The Morgan fingerprint density at radius 3 is 2.94 bits per heavy atom. The maximum absolute atomic E-state index is 4.46. The first-order chi connectivity index (χ1) is 8.19. The molecule has 0 saturated heterocycles. The van der Waals surface area contributed by atoms with Crippen LogP contribution >= 0.6 is 11.3 Å². The van der Waals surface area contributed by atoms with Crippen molar-refractivity contribution in [2.24, 2.45) is 0 Å². The first-order valence-electron chi connectivity index (χ1n) is 5.73. The zero-order valence-electron chi connectivity index (χ0n) is 10.3. The van der Waals surface area contributed by atoms with Crippen LogP contribution in [0.25, 0.3) is 0 Å². The first kappa shape index (κ1) is 12.2. The highest BCUT2D eigenvalue weighted by molar-refractivity contribution is 7.09. The summed E-state index contributed by atoms with van der Waals surface area (Å²) in [4.78, 5) is 6.15. The maximum Gasteiger partial charge on any atom is 0.110 e. The summed E-state index contributed by atoms with van der Waals surface area (Å²) in [6.07, 6.45) is 1.80. The molecular formula is C11H17N5S. The van der Waals surface area contributed by atoms with E-state index in [0.29, 0.717) is 0 Å². The van der Waals surface area contributed by atoms with Crippen LogP contribution in [0, 0.1) is 6.92 Å². The topological polar surface area (TPSA) is 55.6 Å². The van der Waals surface area contributed by atoms with Crippen molar-refractivity contribution >= 4 is 11.3 Å². The van der Waals surface area contributed by atoms with E-state index in [-0.39, 0.29) is 6.04 Å². The van der Waals surface area contributed by atoms with E-state index in [0.717, 1.165) is 29.5 Å². The molecule has 0 saturated carbocycles. The molecule has 92 valence electrons. The third-order valence-electron chi connectivity index (χ3n) is 2.46. The van der Waals surface area contributed by atoms with Gasteiger partial charge in [0.15, 0.2) is 0 Å². The van der Waals surface area contributed by atoms with Gasteiger partial charge in [-0.05, 0) is 20.8 Å². The third kappa shape index (κ3) is 3.10. The van der Waals surface area contributed by atoms with Gasteiger partial charge in [0.05, 0.1) is 24.5 Å². The van der Waals surface area contributed by atoms with Gasteiger partial charge in [0, 0.05) is 17.6 Å². The van der Waals surface area contributed by atoms with E-state index in [4.69, 9.17) is 0 Å². The van der Waals surface area contributed by atoms with Crippen LogP contribution in [0.4, 0.5) is 0 Å². The van der Waals surface area contributed by atoms with Crippen molar-refractivity contribution < 1.29 is 0 Å². The minimum Gasteiger partial charge on any atom is -0.302 e. The van der Waals surface area contributed by atoms with Crippen molar-refractivity contribution in [2.75, 3.05) is 0 Å². The van der Waals surface area contributed by atoms with E-state index < -0.39 is 0 Å². The van der Waals surface area contributed by atoms with Crippen LogP contribution in [-0.4, -0.2) is 20.0 Å². The fourth-order valence-electron chi connectivity index (χ4n) is 1.48. The average molecular weight is 251 g/mol. The zero-order valence-corrected chi connectivity index (χ0v) is 11.2. The van der Waals surface area contributed by atoms with Crippen LogP contribution in [0.15, 0.2) is 11.6 Å². The standard InChI is InChI=1S/C11H17N5S/c1-4-16-13-6-10(15-16)5-12-9(3)11-14-8(2)7-17-11/h6-7,9,12H,4-5H2,1-3H3. The first-order valence-corrected chi connectivity index (χ1v) is 6.61. The van der Waals surface area contributed by atoms with Gasteiger partial charge in [0.25, 0.3) is 0 Å². The van der Waals surface area contributed by atoms with Crippen molar-refractivity contribution in [3.63, 3.8) is 0 Å². The molecule has 0 amide bonds. The molecule has 0 radical (unpaired) electrons. The van der Waals surface area contributed by atoms with Gasteiger partial charge >= 0.3 is 0 Å². The predicted molar refractivity (Wildman–Crippen MR) is 67.8 cm³/mol. The normalized spacial score (nSPS) is 12.9. The Hall–Kier alpha value is -1.27. The molecule has 1 N–H and O–H groups in total. The van der Waals surface area contributed by atoms with Crippen LogP contribution in [0.2, 0.25) is 0 Å². The van der Waals surface area contributed by atoms with Gasteiger partial charge in [0.2, 0.25) is 0 Å². The van der Waals surface area contributed by atoms with Gasteiger partial charge in [0.1, 0.15) is 5.01 Å². The molecule has 2 rings (SSSR count). The van der Waals surface area contributed by atoms with Gasteiger partial charge in [-0.1, -0.05) is 0 Å². The summed E-state index contributed by atoms with van der Waals surface area (Å²) in [6.45, 7) is 7.68. The van der Waals surface area contributed by atoms with Crippen LogP contribution < -0.4 is 5.32 Å². The lowest BCUT2D eigenvalue weighted by atomic mass is 10.3. The van der Waals surface area contributed by atoms with E-state index in [1.807, 2.05) is 13.8 Å². The highest BCUT2D eigenvalue weighted by atomic mass is 32.1. The van der Waals surface area contributed by atoms with E-state index >= 15 is 0 Å². The van der Waals surface area contributed by atoms with Crippen LogP contribution in [0.5, 0.6) is 0 Å². The molecule has 6 heteroatoms. The molecule has 0 fully saturated rings. The summed E-state index contributed by atoms with van der Waals surface area (Å²) in [6, 6.07) is 0.250.